The topological polar surface area (TPSA) is 0 Å². The van der Waals surface area contributed by atoms with Gasteiger partial charge in [0.2, 0.25) is 0 Å². The standard InChI is InChI=1S/C9H15F3/c1-7(2)5-4-6-8(3)9(10,11)12/h5,8H,4,6H2,1-3H3. The monoisotopic (exact) mass is 180 g/mol. The highest BCUT2D eigenvalue weighted by Gasteiger charge is 2.34. The third kappa shape index (κ3) is 5.22. The van der Waals surface area contributed by atoms with Crippen LogP contribution in [0.15, 0.2) is 11.6 Å². The summed E-state index contributed by atoms with van der Waals surface area (Å²) >= 11 is 0. The summed E-state index contributed by atoms with van der Waals surface area (Å²) in [4.78, 5) is 0. The van der Waals surface area contributed by atoms with Crippen LogP contribution in [-0.2, 0) is 0 Å². The lowest BCUT2D eigenvalue weighted by Gasteiger charge is -2.13. The normalized spacial score (nSPS) is 14.2. The Morgan fingerprint density at radius 1 is 1.33 bits per heavy atom. The van der Waals surface area contributed by atoms with E-state index in [1.165, 1.54) is 6.92 Å². The highest BCUT2D eigenvalue weighted by atomic mass is 19.4. The summed E-state index contributed by atoms with van der Waals surface area (Å²) in [5, 5.41) is 0. The first-order valence-corrected chi connectivity index (χ1v) is 4.04. The Hall–Kier alpha value is -0.470. The molecule has 0 aliphatic carbocycles. The van der Waals surface area contributed by atoms with Crippen LogP contribution in [-0.4, -0.2) is 6.18 Å². The summed E-state index contributed by atoms with van der Waals surface area (Å²) in [5.41, 5.74) is 1.07. The number of allylic oxidation sites excluding steroid dienone is 2. The molecule has 0 heterocycles. The number of hydrogen-bond donors (Lipinski definition) is 0. The van der Waals surface area contributed by atoms with Crippen molar-refractivity contribution in [2.24, 2.45) is 5.92 Å². The smallest absolute Gasteiger partial charge is 0.171 e. The van der Waals surface area contributed by atoms with Gasteiger partial charge in [-0.1, -0.05) is 18.6 Å². The van der Waals surface area contributed by atoms with Crippen LogP contribution in [0, 0.1) is 5.92 Å². The van der Waals surface area contributed by atoms with Crippen LogP contribution in [0.25, 0.3) is 0 Å². The van der Waals surface area contributed by atoms with E-state index >= 15 is 0 Å². The third-order valence-electron chi connectivity index (χ3n) is 1.71. The summed E-state index contributed by atoms with van der Waals surface area (Å²) in [7, 11) is 0. The molecule has 0 N–H and O–H groups in total. The quantitative estimate of drug-likeness (QED) is 0.577. The van der Waals surface area contributed by atoms with Gasteiger partial charge in [0, 0.05) is 0 Å². The van der Waals surface area contributed by atoms with Crippen molar-refractivity contribution >= 4 is 0 Å². The van der Waals surface area contributed by atoms with Gasteiger partial charge >= 0.3 is 6.18 Å². The highest BCUT2D eigenvalue weighted by molar-refractivity contribution is 4.92. The minimum absolute atomic E-state index is 0.189. The molecule has 0 aromatic carbocycles. The largest absolute Gasteiger partial charge is 0.391 e. The van der Waals surface area contributed by atoms with Crippen molar-refractivity contribution in [3.05, 3.63) is 11.6 Å². The molecule has 0 nitrogen and oxygen atoms in total. The van der Waals surface area contributed by atoms with Gasteiger partial charge in [-0.3, -0.25) is 0 Å². The second-order valence-electron chi connectivity index (χ2n) is 3.30. The molecule has 0 aromatic heterocycles. The first kappa shape index (κ1) is 11.5. The van der Waals surface area contributed by atoms with Crippen molar-refractivity contribution in [3.8, 4) is 0 Å². The Labute approximate surface area is 71.5 Å². The van der Waals surface area contributed by atoms with Gasteiger partial charge in [-0.25, -0.2) is 0 Å². The number of hydrogen-bond acceptors (Lipinski definition) is 0. The molecule has 0 saturated carbocycles. The summed E-state index contributed by atoms with van der Waals surface area (Å²) in [6, 6.07) is 0. The van der Waals surface area contributed by atoms with E-state index in [9.17, 15) is 13.2 Å². The fourth-order valence-corrected chi connectivity index (χ4v) is 0.786. The average Bonchev–Trinajstić information content (AvgIpc) is 1.84. The molecule has 0 aliphatic rings. The number of rotatable bonds is 3. The Morgan fingerprint density at radius 2 is 1.83 bits per heavy atom. The minimum atomic E-state index is -4.03. The molecule has 1 atom stereocenters. The van der Waals surface area contributed by atoms with Gasteiger partial charge in [-0.15, -0.1) is 0 Å². The molecule has 0 spiro atoms. The maximum absolute atomic E-state index is 12.0. The maximum atomic E-state index is 12.0. The molecule has 12 heavy (non-hydrogen) atoms. The molecule has 0 amide bonds. The third-order valence-corrected chi connectivity index (χ3v) is 1.71. The van der Waals surface area contributed by atoms with Gasteiger partial charge in [0.05, 0.1) is 5.92 Å². The lowest BCUT2D eigenvalue weighted by molar-refractivity contribution is -0.170. The van der Waals surface area contributed by atoms with Crippen LogP contribution < -0.4 is 0 Å². The van der Waals surface area contributed by atoms with Crippen LogP contribution in [0.4, 0.5) is 13.2 Å². The van der Waals surface area contributed by atoms with Crippen LogP contribution >= 0.6 is 0 Å². The van der Waals surface area contributed by atoms with Gasteiger partial charge in [-0.05, 0) is 26.7 Å². The summed E-state index contributed by atoms with van der Waals surface area (Å²) in [5.74, 6) is -1.19. The Bertz CT molecular complexity index is 152. The molecule has 0 bridgehead atoms. The second-order valence-corrected chi connectivity index (χ2v) is 3.30. The lowest BCUT2D eigenvalue weighted by Crippen LogP contribution is -2.19. The van der Waals surface area contributed by atoms with Crippen molar-refractivity contribution in [3.63, 3.8) is 0 Å². The molecular weight excluding hydrogens is 165 g/mol. The summed E-state index contributed by atoms with van der Waals surface area (Å²) in [6.07, 6.45) is -1.49. The average molecular weight is 180 g/mol. The molecule has 0 radical (unpaired) electrons. The van der Waals surface area contributed by atoms with Crippen molar-refractivity contribution in [1.82, 2.24) is 0 Å². The van der Waals surface area contributed by atoms with E-state index in [0.29, 0.717) is 6.42 Å². The van der Waals surface area contributed by atoms with Crippen LogP contribution in [0.2, 0.25) is 0 Å². The van der Waals surface area contributed by atoms with E-state index in [0.717, 1.165) is 5.57 Å². The van der Waals surface area contributed by atoms with Gasteiger partial charge in [-0.2, -0.15) is 13.2 Å². The van der Waals surface area contributed by atoms with E-state index in [2.05, 4.69) is 0 Å². The van der Waals surface area contributed by atoms with Gasteiger partial charge in [0.1, 0.15) is 0 Å². The predicted molar refractivity (Wildman–Crippen MR) is 43.9 cm³/mol. The molecule has 72 valence electrons. The molecular formula is C9H15F3. The van der Waals surface area contributed by atoms with Crippen molar-refractivity contribution in [2.75, 3.05) is 0 Å². The molecule has 0 rings (SSSR count). The molecule has 0 saturated heterocycles. The van der Waals surface area contributed by atoms with E-state index in [1.54, 1.807) is 0 Å². The predicted octanol–water partition coefficient (Wildman–Crippen LogP) is 3.93. The molecule has 0 fully saturated rings. The van der Waals surface area contributed by atoms with E-state index in [4.69, 9.17) is 0 Å². The SMILES string of the molecule is CC(C)=CCCC(C)C(F)(F)F. The number of halogens is 3. The van der Waals surface area contributed by atoms with Gasteiger partial charge < -0.3 is 0 Å². The van der Waals surface area contributed by atoms with Crippen molar-refractivity contribution < 1.29 is 13.2 Å². The summed E-state index contributed by atoms with van der Waals surface area (Å²) in [6.45, 7) is 5.00. The van der Waals surface area contributed by atoms with Crippen molar-refractivity contribution in [1.29, 1.82) is 0 Å². The van der Waals surface area contributed by atoms with Gasteiger partial charge in [0.25, 0.3) is 0 Å². The van der Waals surface area contributed by atoms with Gasteiger partial charge in [0.15, 0.2) is 0 Å². The fourth-order valence-electron chi connectivity index (χ4n) is 0.786. The highest BCUT2D eigenvalue weighted by Crippen LogP contribution is 2.29. The first-order valence-electron chi connectivity index (χ1n) is 4.04. The molecule has 1 unspecified atom stereocenters. The van der Waals surface area contributed by atoms with Crippen molar-refractivity contribution in [2.45, 2.75) is 39.8 Å². The molecule has 0 aliphatic heterocycles. The van der Waals surface area contributed by atoms with E-state index < -0.39 is 12.1 Å². The number of alkyl halides is 3. The van der Waals surface area contributed by atoms with Crippen LogP contribution in [0.1, 0.15) is 33.6 Å². The van der Waals surface area contributed by atoms with Crippen LogP contribution in [0.5, 0.6) is 0 Å². The molecule has 0 aromatic rings. The zero-order chi connectivity index (χ0) is 9.78. The Kier molecular flexibility index (Phi) is 4.35. The fraction of sp³-hybridized carbons (Fsp3) is 0.778. The summed E-state index contributed by atoms with van der Waals surface area (Å²) < 4.78 is 35.9. The first-order chi connectivity index (χ1) is 5.34. The zero-order valence-electron chi connectivity index (χ0n) is 7.70. The van der Waals surface area contributed by atoms with E-state index in [1.807, 2.05) is 19.9 Å². The lowest BCUT2D eigenvalue weighted by atomic mass is 10.0. The minimum Gasteiger partial charge on any atom is -0.171 e. The second kappa shape index (κ2) is 4.53. The van der Waals surface area contributed by atoms with Crippen LogP contribution in [0.3, 0.4) is 0 Å². The maximum Gasteiger partial charge on any atom is 0.391 e. The Morgan fingerprint density at radius 3 is 2.17 bits per heavy atom. The molecule has 3 heteroatoms. The van der Waals surface area contributed by atoms with E-state index in [-0.39, 0.29) is 6.42 Å². The Balaban J connectivity index is 3.73. The zero-order valence-corrected chi connectivity index (χ0v) is 7.70.